The van der Waals surface area contributed by atoms with Crippen LogP contribution >= 0.6 is 0 Å². The summed E-state index contributed by atoms with van der Waals surface area (Å²) < 4.78 is 11.0. The smallest absolute Gasteiger partial charge is 0.243 e. The minimum atomic E-state index is -0.0181. The molecule has 0 aromatic heterocycles. The van der Waals surface area contributed by atoms with Gasteiger partial charge in [-0.05, 0) is 38.8 Å². The van der Waals surface area contributed by atoms with E-state index in [1.54, 1.807) is 13.3 Å². The number of ether oxygens (including phenoxy) is 2. The summed E-state index contributed by atoms with van der Waals surface area (Å²) in [4.78, 5) is 11.5. The number of hydrogen-bond donors (Lipinski definition) is 1. The van der Waals surface area contributed by atoms with Crippen LogP contribution in [0.25, 0.3) is 0 Å². The number of nitrogens with one attached hydrogen (secondary N) is 1. The van der Waals surface area contributed by atoms with Gasteiger partial charge in [-0.2, -0.15) is 5.10 Å². The maximum absolute atomic E-state index is 11.5. The van der Waals surface area contributed by atoms with Gasteiger partial charge in [0.05, 0.1) is 19.4 Å². The summed E-state index contributed by atoms with van der Waals surface area (Å²) in [6, 6.07) is 5.56. The van der Waals surface area contributed by atoms with Crippen molar-refractivity contribution in [3.05, 3.63) is 23.8 Å². The van der Waals surface area contributed by atoms with Crippen molar-refractivity contribution in [3.8, 4) is 11.5 Å². The van der Waals surface area contributed by atoms with E-state index in [4.69, 9.17) is 9.47 Å². The molecule has 0 unspecified atom stereocenters. The number of benzene rings is 1. The molecule has 20 heavy (non-hydrogen) atoms. The Morgan fingerprint density at radius 2 is 2.20 bits per heavy atom. The lowest BCUT2D eigenvalue weighted by atomic mass is 10.2. The molecule has 0 bridgehead atoms. The second kappa shape index (κ2) is 6.41. The number of para-hydroxylation sites is 1. The van der Waals surface area contributed by atoms with Gasteiger partial charge in [0.2, 0.25) is 5.91 Å². The van der Waals surface area contributed by atoms with Crippen LogP contribution in [-0.2, 0) is 4.79 Å². The van der Waals surface area contributed by atoms with Crippen LogP contribution in [-0.4, -0.2) is 25.3 Å². The summed E-state index contributed by atoms with van der Waals surface area (Å²) >= 11 is 0. The summed E-state index contributed by atoms with van der Waals surface area (Å²) in [5.41, 5.74) is 3.32. The first-order valence-corrected chi connectivity index (χ1v) is 6.78. The van der Waals surface area contributed by atoms with Gasteiger partial charge in [0.1, 0.15) is 0 Å². The molecule has 1 aliphatic carbocycles. The van der Waals surface area contributed by atoms with Crippen LogP contribution < -0.4 is 14.9 Å². The quantitative estimate of drug-likeness (QED) is 0.641. The Morgan fingerprint density at radius 1 is 1.45 bits per heavy atom. The number of methoxy groups -OCH3 is 1. The maximum Gasteiger partial charge on any atom is 0.243 e. The summed E-state index contributed by atoms with van der Waals surface area (Å²) in [6.45, 7) is 3.89. The largest absolute Gasteiger partial charge is 0.493 e. The molecule has 0 radical (unpaired) electrons. The van der Waals surface area contributed by atoms with Gasteiger partial charge in [-0.3, -0.25) is 4.79 Å². The van der Waals surface area contributed by atoms with Gasteiger partial charge in [0.15, 0.2) is 11.5 Å². The maximum atomic E-state index is 11.5. The third-order valence-corrected chi connectivity index (χ3v) is 2.91. The molecule has 1 aliphatic rings. The molecule has 1 N–H and O–H groups in total. The van der Waals surface area contributed by atoms with Crippen molar-refractivity contribution >= 4 is 12.1 Å². The first-order chi connectivity index (χ1) is 9.61. The van der Waals surface area contributed by atoms with Crippen LogP contribution in [0.3, 0.4) is 0 Å². The van der Waals surface area contributed by atoms with Gasteiger partial charge < -0.3 is 9.47 Å². The van der Waals surface area contributed by atoms with Crippen molar-refractivity contribution in [2.75, 3.05) is 7.11 Å². The van der Waals surface area contributed by atoms with E-state index >= 15 is 0 Å². The average Bonchev–Trinajstić information content (AvgIpc) is 3.24. The van der Waals surface area contributed by atoms with E-state index in [-0.39, 0.29) is 17.9 Å². The van der Waals surface area contributed by atoms with Gasteiger partial charge in [-0.1, -0.05) is 6.07 Å². The van der Waals surface area contributed by atoms with Crippen molar-refractivity contribution in [1.82, 2.24) is 5.43 Å². The highest BCUT2D eigenvalue weighted by Crippen LogP contribution is 2.31. The van der Waals surface area contributed by atoms with Crippen LogP contribution in [0.2, 0.25) is 0 Å². The van der Waals surface area contributed by atoms with Crippen LogP contribution in [0.4, 0.5) is 0 Å². The first-order valence-electron chi connectivity index (χ1n) is 6.78. The van der Waals surface area contributed by atoms with Crippen molar-refractivity contribution in [2.45, 2.75) is 32.8 Å². The van der Waals surface area contributed by atoms with Crippen molar-refractivity contribution in [2.24, 2.45) is 11.0 Å². The minimum absolute atomic E-state index is 0.0181. The Balaban J connectivity index is 2.12. The van der Waals surface area contributed by atoms with Crippen LogP contribution in [0.5, 0.6) is 11.5 Å². The number of rotatable bonds is 6. The topological polar surface area (TPSA) is 59.9 Å². The van der Waals surface area contributed by atoms with Crippen LogP contribution in [0.1, 0.15) is 32.3 Å². The second-order valence-corrected chi connectivity index (χ2v) is 5.05. The van der Waals surface area contributed by atoms with Crippen molar-refractivity contribution < 1.29 is 14.3 Å². The van der Waals surface area contributed by atoms with E-state index in [0.717, 1.165) is 18.4 Å². The van der Waals surface area contributed by atoms with Crippen molar-refractivity contribution in [1.29, 1.82) is 0 Å². The zero-order chi connectivity index (χ0) is 14.5. The monoisotopic (exact) mass is 276 g/mol. The van der Waals surface area contributed by atoms with Gasteiger partial charge in [0.25, 0.3) is 0 Å². The Labute approximate surface area is 119 Å². The summed E-state index contributed by atoms with van der Waals surface area (Å²) in [7, 11) is 1.60. The minimum Gasteiger partial charge on any atom is -0.493 e. The molecule has 0 aliphatic heterocycles. The lowest BCUT2D eigenvalue weighted by Gasteiger charge is -2.15. The Bertz CT molecular complexity index is 508. The lowest BCUT2D eigenvalue weighted by molar-refractivity contribution is -0.122. The fourth-order valence-corrected chi connectivity index (χ4v) is 1.76. The van der Waals surface area contributed by atoms with E-state index in [0.29, 0.717) is 11.5 Å². The van der Waals surface area contributed by atoms with E-state index < -0.39 is 0 Å². The molecule has 1 saturated carbocycles. The summed E-state index contributed by atoms with van der Waals surface area (Å²) in [5.74, 6) is 1.41. The molecule has 0 spiro atoms. The number of hydrogen-bond acceptors (Lipinski definition) is 4. The van der Waals surface area contributed by atoms with Gasteiger partial charge >= 0.3 is 0 Å². The number of nitrogens with zero attached hydrogens (tertiary/aromatic N) is 1. The van der Waals surface area contributed by atoms with E-state index in [2.05, 4.69) is 10.5 Å². The third-order valence-electron chi connectivity index (χ3n) is 2.91. The molecule has 2 rings (SSSR count). The van der Waals surface area contributed by atoms with E-state index in [9.17, 15) is 4.79 Å². The molecule has 0 heterocycles. The van der Waals surface area contributed by atoms with E-state index in [1.807, 2.05) is 32.0 Å². The molecular formula is C15H20N2O3. The molecule has 1 amide bonds. The predicted molar refractivity (Wildman–Crippen MR) is 77.2 cm³/mol. The molecule has 1 aromatic rings. The standard InChI is InChI=1S/C15H20N2O3/c1-10(2)20-14-12(5-4-6-13(14)19-3)9-16-17-15(18)11-7-8-11/h4-6,9-11H,7-8H2,1-3H3,(H,17,18)/b16-9-. The Morgan fingerprint density at radius 3 is 2.80 bits per heavy atom. The lowest BCUT2D eigenvalue weighted by Crippen LogP contribution is -2.19. The average molecular weight is 276 g/mol. The number of amides is 1. The summed E-state index contributed by atoms with van der Waals surface area (Å²) in [6.07, 6.45) is 3.53. The number of hydrazone groups is 1. The predicted octanol–water partition coefficient (Wildman–Crippen LogP) is 2.34. The molecule has 0 saturated heterocycles. The molecule has 5 heteroatoms. The fraction of sp³-hybridized carbons (Fsp3) is 0.467. The third kappa shape index (κ3) is 3.73. The zero-order valence-corrected chi connectivity index (χ0v) is 12.1. The fourth-order valence-electron chi connectivity index (χ4n) is 1.76. The highest BCUT2D eigenvalue weighted by atomic mass is 16.5. The highest BCUT2D eigenvalue weighted by Gasteiger charge is 2.29. The Kier molecular flexibility index (Phi) is 4.61. The summed E-state index contributed by atoms with van der Waals surface area (Å²) in [5, 5.41) is 3.99. The SMILES string of the molecule is COc1cccc(/C=N\NC(=O)C2CC2)c1OC(C)C. The zero-order valence-electron chi connectivity index (χ0n) is 12.1. The molecule has 108 valence electrons. The molecule has 5 nitrogen and oxygen atoms in total. The second-order valence-electron chi connectivity index (χ2n) is 5.05. The highest BCUT2D eigenvalue weighted by molar-refractivity contribution is 5.87. The van der Waals surface area contributed by atoms with E-state index in [1.165, 1.54) is 0 Å². The molecule has 1 fully saturated rings. The molecule has 0 atom stereocenters. The van der Waals surface area contributed by atoms with Crippen molar-refractivity contribution in [3.63, 3.8) is 0 Å². The van der Waals surface area contributed by atoms with Gasteiger partial charge in [0, 0.05) is 11.5 Å². The molecular weight excluding hydrogens is 256 g/mol. The van der Waals surface area contributed by atoms with Gasteiger partial charge in [-0.15, -0.1) is 0 Å². The number of carbonyl (C=O) groups excluding carboxylic acids is 1. The van der Waals surface area contributed by atoms with Crippen LogP contribution in [0.15, 0.2) is 23.3 Å². The normalized spacial score (nSPS) is 14.6. The number of carbonyl (C=O) groups is 1. The van der Waals surface area contributed by atoms with Crippen LogP contribution in [0, 0.1) is 5.92 Å². The molecule has 1 aromatic carbocycles. The first kappa shape index (κ1) is 14.4. The Hall–Kier alpha value is -2.04. The van der Waals surface area contributed by atoms with Gasteiger partial charge in [-0.25, -0.2) is 5.43 Å².